The maximum Gasteiger partial charge on any atom is 0.347 e. The fourth-order valence-electron chi connectivity index (χ4n) is 2.91. The molecule has 0 heterocycles. The minimum Gasteiger partial charge on any atom is -0.491 e. The molecule has 0 bridgehead atoms. The van der Waals surface area contributed by atoms with E-state index in [1.807, 2.05) is 6.07 Å². The molecular formula is C24H31BrFNO3. The summed E-state index contributed by atoms with van der Waals surface area (Å²) in [5.74, 6) is -0.352. The molecule has 2 rings (SSSR count). The van der Waals surface area contributed by atoms with Gasteiger partial charge in [0.05, 0.1) is 11.1 Å². The molecule has 0 saturated heterocycles. The first-order valence-electron chi connectivity index (χ1n) is 10.3. The van der Waals surface area contributed by atoms with Crippen molar-refractivity contribution >= 4 is 21.9 Å². The second kappa shape index (κ2) is 10.9. The number of hydrogen-bond acceptors (Lipinski definition) is 4. The van der Waals surface area contributed by atoms with Crippen LogP contribution in [0.15, 0.2) is 34.8 Å². The SMILES string of the molecule is CCCCOc1c(Br)c(CNCC(C)(C)C)c(F)c(C)c1C(=O)Oc1ccccc1. The summed E-state index contributed by atoms with van der Waals surface area (Å²) in [6.07, 6.45) is 1.77. The molecule has 2 aromatic rings. The van der Waals surface area contributed by atoms with Crippen LogP contribution in [0.2, 0.25) is 0 Å². The number of ether oxygens (including phenoxy) is 2. The topological polar surface area (TPSA) is 47.6 Å². The van der Waals surface area contributed by atoms with Crippen LogP contribution in [0.3, 0.4) is 0 Å². The Morgan fingerprint density at radius 3 is 2.47 bits per heavy atom. The fourth-order valence-corrected chi connectivity index (χ4v) is 3.54. The number of carbonyl (C=O) groups excluding carboxylic acids is 1. The van der Waals surface area contributed by atoms with Crippen molar-refractivity contribution in [3.63, 3.8) is 0 Å². The molecule has 0 unspecified atom stereocenters. The number of hydrogen-bond donors (Lipinski definition) is 1. The quantitative estimate of drug-likeness (QED) is 0.255. The van der Waals surface area contributed by atoms with Crippen molar-refractivity contribution in [2.75, 3.05) is 13.2 Å². The predicted octanol–water partition coefficient (Wildman–Crippen LogP) is 6.43. The second-order valence-electron chi connectivity index (χ2n) is 8.50. The monoisotopic (exact) mass is 479 g/mol. The number of nitrogens with one attached hydrogen (secondary N) is 1. The largest absolute Gasteiger partial charge is 0.491 e. The molecular weight excluding hydrogens is 449 g/mol. The van der Waals surface area contributed by atoms with Crippen molar-refractivity contribution in [3.8, 4) is 11.5 Å². The molecule has 0 aliphatic heterocycles. The van der Waals surface area contributed by atoms with E-state index in [1.54, 1.807) is 31.2 Å². The molecule has 0 radical (unpaired) electrons. The normalized spacial score (nSPS) is 11.4. The first-order valence-corrected chi connectivity index (χ1v) is 11.1. The van der Waals surface area contributed by atoms with Crippen molar-refractivity contribution in [1.82, 2.24) is 5.32 Å². The Hall–Kier alpha value is -1.92. The van der Waals surface area contributed by atoms with Gasteiger partial charge in [-0.1, -0.05) is 52.3 Å². The minimum atomic E-state index is -0.640. The highest BCUT2D eigenvalue weighted by molar-refractivity contribution is 9.10. The average Bonchev–Trinajstić information content (AvgIpc) is 2.68. The Bertz CT molecular complexity index is 863. The molecule has 1 N–H and O–H groups in total. The zero-order chi connectivity index (χ0) is 22.3. The molecule has 0 fully saturated rings. The first kappa shape index (κ1) is 24.4. The third kappa shape index (κ3) is 6.54. The second-order valence-corrected chi connectivity index (χ2v) is 9.30. The van der Waals surface area contributed by atoms with Crippen LogP contribution in [0.5, 0.6) is 11.5 Å². The number of rotatable bonds is 9. The Balaban J connectivity index is 2.42. The van der Waals surface area contributed by atoms with E-state index in [2.05, 4.69) is 48.9 Å². The van der Waals surface area contributed by atoms with Crippen LogP contribution in [0.25, 0.3) is 0 Å². The summed E-state index contributed by atoms with van der Waals surface area (Å²) in [6, 6.07) is 8.74. The van der Waals surface area contributed by atoms with Crippen molar-refractivity contribution in [2.24, 2.45) is 5.41 Å². The van der Waals surface area contributed by atoms with E-state index in [9.17, 15) is 4.79 Å². The van der Waals surface area contributed by atoms with E-state index >= 15 is 4.39 Å². The molecule has 0 atom stereocenters. The van der Waals surface area contributed by atoms with Gasteiger partial charge in [-0.25, -0.2) is 9.18 Å². The zero-order valence-electron chi connectivity index (χ0n) is 18.4. The lowest BCUT2D eigenvalue weighted by Gasteiger charge is -2.22. The molecule has 164 valence electrons. The summed E-state index contributed by atoms with van der Waals surface area (Å²) in [5, 5.41) is 3.29. The summed E-state index contributed by atoms with van der Waals surface area (Å²) < 4.78 is 27.2. The Morgan fingerprint density at radius 2 is 1.87 bits per heavy atom. The van der Waals surface area contributed by atoms with Gasteiger partial charge >= 0.3 is 5.97 Å². The highest BCUT2D eigenvalue weighted by Crippen LogP contribution is 2.38. The summed E-state index contributed by atoms with van der Waals surface area (Å²) >= 11 is 3.49. The smallest absolute Gasteiger partial charge is 0.347 e. The highest BCUT2D eigenvalue weighted by Gasteiger charge is 2.27. The number of para-hydroxylation sites is 1. The molecule has 0 amide bonds. The number of carbonyl (C=O) groups is 1. The van der Waals surface area contributed by atoms with Gasteiger partial charge in [-0.05, 0) is 46.8 Å². The molecule has 30 heavy (non-hydrogen) atoms. The van der Waals surface area contributed by atoms with E-state index in [0.717, 1.165) is 19.4 Å². The van der Waals surface area contributed by atoms with E-state index in [-0.39, 0.29) is 16.5 Å². The number of esters is 1. The highest BCUT2D eigenvalue weighted by atomic mass is 79.9. The summed E-state index contributed by atoms with van der Waals surface area (Å²) in [5.41, 5.74) is 0.842. The van der Waals surface area contributed by atoms with Crippen LogP contribution in [-0.2, 0) is 6.54 Å². The van der Waals surface area contributed by atoms with Crippen LogP contribution >= 0.6 is 15.9 Å². The summed E-state index contributed by atoms with van der Waals surface area (Å²) in [7, 11) is 0. The van der Waals surface area contributed by atoms with Crippen LogP contribution < -0.4 is 14.8 Å². The number of unbranched alkanes of at least 4 members (excludes halogenated alkanes) is 1. The maximum atomic E-state index is 15.3. The Labute approximate surface area is 187 Å². The van der Waals surface area contributed by atoms with Gasteiger partial charge in [0.2, 0.25) is 0 Å². The van der Waals surface area contributed by atoms with Crippen molar-refractivity contribution < 1.29 is 18.7 Å². The van der Waals surface area contributed by atoms with Gasteiger partial charge in [0.15, 0.2) is 0 Å². The van der Waals surface area contributed by atoms with Gasteiger partial charge in [-0.3, -0.25) is 0 Å². The lowest BCUT2D eigenvalue weighted by Crippen LogP contribution is -2.27. The molecule has 0 aromatic heterocycles. The molecule has 0 saturated carbocycles. The van der Waals surface area contributed by atoms with Crippen LogP contribution in [0.1, 0.15) is 62.0 Å². The Morgan fingerprint density at radius 1 is 1.20 bits per heavy atom. The molecule has 4 nitrogen and oxygen atoms in total. The zero-order valence-corrected chi connectivity index (χ0v) is 20.0. The minimum absolute atomic E-state index is 0.0673. The molecule has 0 aliphatic carbocycles. The fraction of sp³-hybridized carbons (Fsp3) is 0.458. The van der Waals surface area contributed by atoms with Gasteiger partial charge in [0, 0.05) is 24.2 Å². The molecule has 0 spiro atoms. The van der Waals surface area contributed by atoms with E-state index in [1.165, 1.54) is 0 Å². The van der Waals surface area contributed by atoms with Gasteiger partial charge in [-0.2, -0.15) is 0 Å². The van der Waals surface area contributed by atoms with Crippen molar-refractivity contribution in [2.45, 2.75) is 54.0 Å². The van der Waals surface area contributed by atoms with E-state index < -0.39 is 11.8 Å². The van der Waals surface area contributed by atoms with Crippen molar-refractivity contribution in [3.05, 3.63) is 57.3 Å². The maximum absolute atomic E-state index is 15.3. The third-order valence-corrected chi connectivity index (χ3v) is 5.36. The lowest BCUT2D eigenvalue weighted by atomic mass is 9.96. The standard InChI is InChI=1S/C24H31BrFNO3/c1-6-7-13-29-22-19(23(28)30-17-11-9-8-10-12-17)16(2)21(26)18(20(22)25)14-27-15-24(3,4)5/h8-12,27H,6-7,13-15H2,1-5H3. The Kier molecular flexibility index (Phi) is 8.86. The average molecular weight is 480 g/mol. The van der Waals surface area contributed by atoms with Crippen LogP contribution in [-0.4, -0.2) is 19.1 Å². The number of halogens is 2. The van der Waals surface area contributed by atoms with Crippen molar-refractivity contribution in [1.29, 1.82) is 0 Å². The van der Waals surface area contributed by atoms with Gasteiger partial charge in [-0.15, -0.1) is 0 Å². The van der Waals surface area contributed by atoms with Gasteiger partial charge < -0.3 is 14.8 Å². The van der Waals surface area contributed by atoms with E-state index in [4.69, 9.17) is 9.47 Å². The number of benzene rings is 2. The van der Waals surface area contributed by atoms with Gasteiger partial charge in [0.25, 0.3) is 0 Å². The predicted molar refractivity (Wildman–Crippen MR) is 122 cm³/mol. The summed E-state index contributed by atoms with van der Waals surface area (Å²) in [6.45, 7) is 11.4. The third-order valence-electron chi connectivity index (χ3n) is 4.52. The van der Waals surface area contributed by atoms with Crippen LogP contribution in [0.4, 0.5) is 4.39 Å². The molecule has 0 aliphatic rings. The molecule has 6 heteroatoms. The van der Waals surface area contributed by atoms with E-state index in [0.29, 0.717) is 34.7 Å². The first-order chi connectivity index (χ1) is 14.2. The summed E-state index contributed by atoms with van der Waals surface area (Å²) in [4.78, 5) is 12.9. The lowest BCUT2D eigenvalue weighted by molar-refractivity contribution is 0.0728. The van der Waals surface area contributed by atoms with Crippen LogP contribution in [0, 0.1) is 18.2 Å². The molecule has 2 aromatic carbocycles. The van der Waals surface area contributed by atoms with Gasteiger partial charge in [0.1, 0.15) is 22.9 Å².